The molecular weight excluding hydrogens is 426 g/mol. The number of benzene rings is 2. The highest BCUT2D eigenvalue weighted by atomic mass is 35.5. The molecule has 1 N–H and O–H groups in total. The number of imidazole rings is 1. The van der Waals surface area contributed by atoms with Gasteiger partial charge < -0.3 is 14.4 Å². The summed E-state index contributed by atoms with van der Waals surface area (Å²) >= 11 is 6.04. The number of halogens is 1. The number of rotatable bonds is 6. The van der Waals surface area contributed by atoms with Gasteiger partial charge in [0.25, 0.3) is 5.89 Å². The molecule has 1 amide bonds. The van der Waals surface area contributed by atoms with E-state index in [4.69, 9.17) is 16.1 Å². The lowest BCUT2D eigenvalue weighted by Crippen LogP contribution is -2.24. The zero-order chi connectivity index (χ0) is 22.9. The Bertz CT molecular complexity index is 1250. The van der Waals surface area contributed by atoms with Gasteiger partial charge >= 0.3 is 0 Å². The minimum Gasteiger partial charge on any atom is -0.349 e. The molecule has 0 fully saturated rings. The van der Waals surface area contributed by atoms with E-state index in [-0.39, 0.29) is 17.9 Å². The van der Waals surface area contributed by atoms with E-state index in [1.54, 1.807) is 0 Å². The van der Waals surface area contributed by atoms with Crippen LogP contribution < -0.4 is 5.32 Å². The minimum absolute atomic E-state index is 0.0809. The number of hydrogen-bond donors (Lipinski definition) is 1. The molecule has 2 aromatic carbocycles. The summed E-state index contributed by atoms with van der Waals surface area (Å²) in [6.07, 6.45) is 0.829. The number of carbonyl (C=O) groups excluding carboxylic acids is 1. The quantitative estimate of drug-likeness (QED) is 0.454. The highest BCUT2D eigenvalue weighted by molar-refractivity contribution is 6.31. The number of aromatic nitrogens is 4. The van der Waals surface area contributed by atoms with Crippen LogP contribution in [0.5, 0.6) is 0 Å². The molecule has 4 rings (SSSR count). The number of amides is 1. The van der Waals surface area contributed by atoms with Gasteiger partial charge in [-0.2, -0.15) is 4.98 Å². The molecule has 0 radical (unpaired) electrons. The molecule has 7 nitrogen and oxygen atoms in total. The molecule has 0 saturated carbocycles. The number of nitrogens with zero attached hydrogens (tertiary/aromatic N) is 4. The average Bonchev–Trinajstić information content (AvgIpc) is 3.35. The highest BCUT2D eigenvalue weighted by Gasteiger charge is 2.15. The van der Waals surface area contributed by atoms with Crippen molar-refractivity contribution in [2.45, 2.75) is 45.6 Å². The van der Waals surface area contributed by atoms with Gasteiger partial charge in [-0.15, -0.1) is 0 Å². The zero-order valence-corrected chi connectivity index (χ0v) is 19.4. The lowest BCUT2D eigenvalue weighted by Gasteiger charge is -2.18. The Kier molecular flexibility index (Phi) is 6.02. The van der Waals surface area contributed by atoms with Crippen LogP contribution in [0.1, 0.15) is 44.4 Å². The molecule has 0 spiro atoms. The van der Waals surface area contributed by atoms with Crippen LogP contribution in [0.15, 0.2) is 47.0 Å². The Labute approximate surface area is 191 Å². The fourth-order valence-electron chi connectivity index (χ4n) is 3.49. The zero-order valence-electron chi connectivity index (χ0n) is 18.6. The van der Waals surface area contributed by atoms with Crippen molar-refractivity contribution in [3.8, 4) is 11.5 Å². The van der Waals surface area contributed by atoms with Crippen molar-refractivity contribution in [3.05, 3.63) is 64.7 Å². The summed E-state index contributed by atoms with van der Waals surface area (Å²) in [4.78, 5) is 21.3. The molecule has 0 unspecified atom stereocenters. The van der Waals surface area contributed by atoms with Crippen molar-refractivity contribution < 1.29 is 9.32 Å². The number of carbonyl (C=O) groups is 1. The molecule has 4 aromatic rings. The molecule has 2 heterocycles. The molecule has 2 aromatic heterocycles. The van der Waals surface area contributed by atoms with Gasteiger partial charge in [0.2, 0.25) is 5.91 Å². The first kappa shape index (κ1) is 22.0. The molecule has 166 valence electrons. The summed E-state index contributed by atoms with van der Waals surface area (Å²) in [5.41, 5.74) is 3.98. The van der Waals surface area contributed by atoms with Gasteiger partial charge in [0.15, 0.2) is 5.82 Å². The number of nitrogens with one attached hydrogen (secondary N) is 1. The molecular formula is C24H26ClN5O2. The van der Waals surface area contributed by atoms with E-state index < -0.39 is 0 Å². The van der Waals surface area contributed by atoms with Gasteiger partial charge in [-0.1, -0.05) is 49.7 Å². The third kappa shape index (κ3) is 4.83. The fraction of sp³-hybridized carbons (Fsp3) is 0.333. The summed E-state index contributed by atoms with van der Waals surface area (Å²) in [6, 6.07) is 13.7. The molecule has 32 heavy (non-hydrogen) atoms. The van der Waals surface area contributed by atoms with Crippen molar-refractivity contribution in [2.24, 2.45) is 7.05 Å². The van der Waals surface area contributed by atoms with Gasteiger partial charge in [0.05, 0.1) is 17.6 Å². The SMILES string of the molecule is Cn1c(CCC(=O)NCc2noc(-c3ccc(C(C)(C)C)cc3)n2)nc2cc(Cl)ccc21. The lowest BCUT2D eigenvalue weighted by molar-refractivity contribution is -0.121. The first-order valence-corrected chi connectivity index (χ1v) is 10.9. The van der Waals surface area contributed by atoms with Crippen LogP contribution in [-0.2, 0) is 30.2 Å². The summed E-state index contributed by atoms with van der Waals surface area (Å²) in [6.45, 7) is 6.71. The lowest BCUT2D eigenvalue weighted by atomic mass is 9.87. The molecule has 0 aliphatic rings. The maximum atomic E-state index is 12.3. The molecule has 8 heteroatoms. The van der Waals surface area contributed by atoms with Crippen LogP contribution in [0, 0.1) is 0 Å². The Morgan fingerprint density at radius 2 is 1.88 bits per heavy atom. The first-order valence-electron chi connectivity index (χ1n) is 10.5. The van der Waals surface area contributed by atoms with Crippen LogP contribution in [0.3, 0.4) is 0 Å². The van der Waals surface area contributed by atoms with Gasteiger partial charge in [-0.05, 0) is 41.3 Å². The first-order chi connectivity index (χ1) is 15.2. The van der Waals surface area contributed by atoms with Gasteiger partial charge in [-0.3, -0.25) is 4.79 Å². The van der Waals surface area contributed by atoms with Crippen molar-refractivity contribution in [2.75, 3.05) is 0 Å². The van der Waals surface area contributed by atoms with Crippen molar-refractivity contribution >= 4 is 28.5 Å². The van der Waals surface area contributed by atoms with Crippen LogP contribution in [0.25, 0.3) is 22.5 Å². The van der Waals surface area contributed by atoms with Crippen molar-refractivity contribution in [1.29, 1.82) is 0 Å². The topological polar surface area (TPSA) is 85.8 Å². The Balaban J connectivity index is 1.32. The Morgan fingerprint density at radius 1 is 1.12 bits per heavy atom. The van der Waals surface area contributed by atoms with Crippen molar-refractivity contribution in [3.63, 3.8) is 0 Å². The van der Waals surface area contributed by atoms with Crippen LogP contribution in [-0.4, -0.2) is 25.6 Å². The molecule has 0 bridgehead atoms. The second-order valence-corrected chi connectivity index (χ2v) is 9.28. The largest absolute Gasteiger partial charge is 0.349 e. The predicted octanol–water partition coefficient (Wildman–Crippen LogP) is 4.82. The molecule has 0 aliphatic carbocycles. The maximum Gasteiger partial charge on any atom is 0.257 e. The van der Waals surface area contributed by atoms with E-state index in [2.05, 4.69) is 53.3 Å². The predicted molar refractivity (Wildman–Crippen MR) is 124 cm³/mol. The Morgan fingerprint density at radius 3 is 2.59 bits per heavy atom. The van der Waals surface area contributed by atoms with Gasteiger partial charge in [-0.25, -0.2) is 4.98 Å². The molecule has 0 aliphatic heterocycles. The second-order valence-electron chi connectivity index (χ2n) is 8.84. The summed E-state index contributed by atoms with van der Waals surface area (Å²) in [7, 11) is 1.94. The number of fused-ring (bicyclic) bond motifs is 1. The third-order valence-electron chi connectivity index (χ3n) is 5.42. The van der Waals surface area contributed by atoms with Crippen LogP contribution >= 0.6 is 11.6 Å². The normalized spacial score (nSPS) is 11.8. The van der Waals surface area contributed by atoms with E-state index in [1.807, 2.05) is 41.9 Å². The Hall–Kier alpha value is -3.19. The second kappa shape index (κ2) is 8.74. The number of hydrogen-bond acceptors (Lipinski definition) is 5. The van der Waals surface area contributed by atoms with Gasteiger partial charge in [0.1, 0.15) is 5.82 Å². The average molecular weight is 452 g/mol. The smallest absolute Gasteiger partial charge is 0.257 e. The minimum atomic E-state index is -0.101. The van der Waals surface area contributed by atoms with E-state index >= 15 is 0 Å². The fourth-order valence-corrected chi connectivity index (χ4v) is 3.66. The molecule has 0 saturated heterocycles. The van der Waals surface area contributed by atoms with E-state index in [1.165, 1.54) is 5.56 Å². The van der Waals surface area contributed by atoms with Crippen LogP contribution in [0.4, 0.5) is 0 Å². The number of aryl methyl sites for hydroxylation is 2. The maximum absolute atomic E-state index is 12.3. The van der Waals surface area contributed by atoms with Crippen LogP contribution in [0.2, 0.25) is 5.02 Å². The monoisotopic (exact) mass is 451 g/mol. The summed E-state index contributed by atoms with van der Waals surface area (Å²) < 4.78 is 7.34. The van der Waals surface area contributed by atoms with E-state index in [0.29, 0.717) is 29.6 Å². The molecule has 0 atom stereocenters. The highest BCUT2D eigenvalue weighted by Crippen LogP contribution is 2.25. The van der Waals surface area contributed by atoms with E-state index in [9.17, 15) is 4.79 Å². The summed E-state index contributed by atoms with van der Waals surface area (Å²) in [5, 5.41) is 7.46. The van der Waals surface area contributed by atoms with Gasteiger partial charge in [0, 0.05) is 30.5 Å². The summed E-state index contributed by atoms with van der Waals surface area (Å²) in [5.74, 6) is 1.60. The third-order valence-corrected chi connectivity index (χ3v) is 5.66. The standard InChI is InChI=1S/C24H26ClN5O2/c1-24(2,3)16-7-5-15(6-8-16)23-28-20(29-32-23)14-26-22(31)12-11-21-27-18-13-17(25)9-10-19(18)30(21)4/h5-10,13H,11-12,14H2,1-4H3,(H,26,31). The van der Waals surface area contributed by atoms with E-state index in [0.717, 1.165) is 22.4 Å². The van der Waals surface area contributed by atoms with Crippen molar-refractivity contribution in [1.82, 2.24) is 25.0 Å².